The summed E-state index contributed by atoms with van der Waals surface area (Å²) in [7, 11) is -8.94. The minimum Gasteiger partial charge on any atom is -0.354 e. The van der Waals surface area contributed by atoms with Crippen molar-refractivity contribution in [1.29, 1.82) is 0 Å². The molecule has 10 nitrogen and oxygen atoms in total. The Labute approximate surface area is 320 Å². The average Bonchev–Trinajstić information content (AvgIpc) is 4.03. The molecular formula is C44H32N4O6P2. The number of fused-ring (bicyclic) bond motifs is 8. The van der Waals surface area contributed by atoms with Crippen LogP contribution in [0, 0.1) is 0 Å². The summed E-state index contributed by atoms with van der Waals surface area (Å²) in [5.41, 5.74) is 12.2. The van der Waals surface area contributed by atoms with Gasteiger partial charge in [0, 0.05) is 44.3 Å². The molecule has 0 radical (unpaired) electrons. The number of nitrogens with one attached hydrogen (secondary N) is 2. The van der Waals surface area contributed by atoms with Gasteiger partial charge in [-0.3, -0.25) is 9.13 Å². The zero-order valence-electron chi connectivity index (χ0n) is 29.4. The molecule has 9 rings (SSSR count). The van der Waals surface area contributed by atoms with Gasteiger partial charge < -0.3 is 29.5 Å². The van der Waals surface area contributed by atoms with Gasteiger partial charge in [-0.05, 0) is 95.1 Å². The Morgan fingerprint density at radius 1 is 0.357 bits per heavy atom. The molecule has 12 heteroatoms. The van der Waals surface area contributed by atoms with Crippen LogP contribution in [0.25, 0.3) is 90.9 Å². The van der Waals surface area contributed by atoms with Gasteiger partial charge >= 0.3 is 15.2 Å². The standard InChI is InChI=1S/C44H32N4O6P2/c49-55(50,51)31-15-11-29(12-16-31)43-37-23-19-33(45-37)41(27-7-3-1-4-8-27)34-20-24-38(46-34)44(30-13-17-32(18-14-30)56(52,53)54)40-26-22-36(48-40)42(28-9-5-2-6-10-28)35-21-25-39(43)47-35/h1-26,45,48H,(H2,49,50,51)(H2,52,53,54). The predicted octanol–water partition coefficient (Wildman–Crippen LogP) is 8.93. The SMILES string of the molecule is O=P(O)(O)c1ccc(-c2c3nc(c(-c4ccccc4)c4ccc([nH]4)c(-c4ccc(P(=O)(O)O)cc4)c4nc(c(-c5ccccc5)c5ccc2[nH]5)C=C4)C=C3)cc1. The smallest absolute Gasteiger partial charge is 0.354 e. The number of nitrogens with zero attached hydrogens (tertiary/aromatic N) is 2. The van der Waals surface area contributed by atoms with Crippen molar-refractivity contribution < 1.29 is 28.7 Å². The lowest BCUT2D eigenvalue weighted by Gasteiger charge is -2.08. The van der Waals surface area contributed by atoms with E-state index in [1.807, 2.05) is 109 Å². The number of benzene rings is 4. The third-order valence-electron chi connectivity index (χ3n) is 9.86. The molecule has 0 spiro atoms. The Kier molecular flexibility index (Phi) is 8.75. The summed E-state index contributed by atoms with van der Waals surface area (Å²) < 4.78 is 24.2. The minimum atomic E-state index is -4.47. The third-order valence-corrected chi connectivity index (χ3v) is 11.8. The molecule has 0 saturated heterocycles. The Bertz CT molecular complexity index is 2790. The lowest BCUT2D eigenvalue weighted by molar-refractivity contribution is 0.385. The fraction of sp³-hybridized carbons (Fsp3) is 0. The zero-order valence-corrected chi connectivity index (χ0v) is 31.2. The molecule has 3 aromatic heterocycles. The van der Waals surface area contributed by atoms with Gasteiger partial charge in [-0.15, -0.1) is 0 Å². The number of hydrogen-bond donors (Lipinski definition) is 6. The fourth-order valence-corrected chi connectivity index (χ4v) is 8.35. The lowest BCUT2D eigenvalue weighted by Crippen LogP contribution is -2.02. The van der Waals surface area contributed by atoms with E-state index in [-0.39, 0.29) is 10.6 Å². The Hall–Kier alpha value is -6.22. The normalized spacial score (nSPS) is 12.6. The van der Waals surface area contributed by atoms with Gasteiger partial charge in [0.15, 0.2) is 0 Å². The number of aromatic nitrogens is 4. The molecule has 6 N–H and O–H groups in total. The number of aromatic amines is 2. The average molecular weight is 775 g/mol. The summed E-state index contributed by atoms with van der Waals surface area (Å²) in [6.45, 7) is 0. The monoisotopic (exact) mass is 774 g/mol. The molecule has 5 heterocycles. The van der Waals surface area contributed by atoms with Crippen molar-refractivity contribution in [2.45, 2.75) is 0 Å². The molecule has 2 aliphatic heterocycles. The first-order valence-corrected chi connectivity index (χ1v) is 20.8. The molecule has 274 valence electrons. The summed E-state index contributed by atoms with van der Waals surface area (Å²) in [6, 6.07) is 40.3. The van der Waals surface area contributed by atoms with Gasteiger partial charge in [-0.2, -0.15) is 0 Å². The van der Waals surface area contributed by atoms with Crippen molar-refractivity contribution in [3.8, 4) is 44.5 Å². The molecule has 0 atom stereocenters. The van der Waals surface area contributed by atoms with E-state index in [0.29, 0.717) is 33.9 Å². The summed E-state index contributed by atoms with van der Waals surface area (Å²) in [4.78, 5) is 57.2. The van der Waals surface area contributed by atoms with Crippen LogP contribution < -0.4 is 10.6 Å². The third kappa shape index (κ3) is 6.61. The van der Waals surface area contributed by atoms with Crippen LogP contribution in [0.4, 0.5) is 0 Å². The highest BCUT2D eigenvalue weighted by molar-refractivity contribution is 7.60. The van der Waals surface area contributed by atoms with E-state index in [0.717, 1.165) is 55.4 Å². The second kappa shape index (κ2) is 13.8. The van der Waals surface area contributed by atoms with Crippen molar-refractivity contribution in [3.63, 3.8) is 0 Å². The Morgan fingerprint density at radius 3 is 0.893 bits per heavy atom. The molecule has 7 aromatic rings. The van der Waals surface area contributed by atoms with Crippen LogP contribution >= 0.6 is 15.2 Å². The van der Waals surface area contributed by atoms with Crippen LogP contribution in [0.3, 0.4) is 0 Å². The summed E-state index contributed by atoms with van der Waals surface area (Å²) >= 11 is 0. The largest absolute Gasteiger partial charge is 0.356 e. The van der Waals surface area contributed by atoms with Crippen LogP contribution in [0.15, 0.2) is 133 Å². The molecule has 2 aliphatic rings. The van der Waals surface area contributed by atoms with E-state index >= 15 is 0 Å². The van der Waals surface area contributed by atoms with Gasteiger partial charge in [0.2, 0.25) is 0 Å². The second-order valence-corrected chi connectivity index (χ2v) is 16.6. The first kappa shape index (κ1) is 35.5. The van der Waals surface area contributed by atoms with Gasteiger partial charge in [0.05, 0.1) is 33.4 Å². The van der Waals surface area contributed by atoms with Crippen LogP contribution in [-0.2, 0) is 9.13 Å². The minimum absolute atomic E-state index is 0.0766. The highest BCUT2D eigenvalue weighted by atomic mass is 31.2. The molecule has 0 unspecified atom stereocenters. The van der Waals surface area contributed by atoms with E-state index in [9.17, 15) is 28.7 Å². The van der Waals surface area contributed by atoms with Crippen LogP contribution in [-0.4, -0.2) is 39.5 Å². The highest BCUT2D eigenvalue weighted by Crippen LogP contribution is 2.40. The van der Waals surface area contributed by atoms with Gasteiger partial charge in [-0.1, -0.05) is 84.9 Å². The van der Waals surface area contributed by atoms with E-state index in [2.05, 4.69) is 9.97 Å². The molecule has 0 amide bonds. The van der Waals surface area contributed by atoms with E-state index < -0.39 is 15.2 Å². The number of rotatable bonds is 6. The predicted molar refractivity (Wildman–Crippen MR) is 224 cm³/mol. The van der Waals surface area contributed by atoms with Crippen molar-refractivity contribution in [1.82, 2.24) is 19.9 Å². The Balaban J connectivity index is 1.43. The van der Waals surface area contributed by atoms with E-state index in [1.165, 1.54) is 24.3 Å². The number of H-pyrrole nitrogens is 2. The first-order chi connectivity index (χ1) is 27.0. The van der Waals surface area contributed by atoms with Gasteiger partial charge in [-0.25, -0.2) is 9.97 Å². The summed E-state index contributed by atoms with van der Waals surface area (Å²) in [6.07, 6.45) is 7.81. The summed E-state index contributed by atoms with van der Waals surface area (Å²) in [5.74, 6) is 0. The van der Waals surface area contributed by atoms with Crippen molar-refractivity contribution in [2.75, 3.05) is 0 Å². The lowest BCUT2D eigenvalue weighted by atomic mass is 10.0. The highest BCUT2D eigenvalue weighted by Gasteiger charge is 2.22. The van der Waals surface area contributed by atoms with E-state index in [4.69, 9.17) is 9.97 Å². The summed E-state index contributed by atoms with van der Waals surface area (Å²) in [5, 5.41) is -0.153. The molecule has 0 fully saturated rings. The van der Waals surface area contributed by atoms with Crippen molar-refractivity contribution >= 4 is 72.2 Å². The van der Waals surface area contributed by atoms with Crippen LogP contribution in [0.5, 0.6) is 0 Å². The molecule has 0 saturated carbocycles. The number of hydrogen-bond acceptors (Lipinski definition) is 4. The first-order valence-electron chi connectivity index (χ1n) is 17.6. The maximum atomic E-state index is 12.1. The van der Waals surface area contributed by atoms with E-state index in [1.54, 1.807) is 24.3 Å². The van der Waals surface area contributed by atoms with Crippen LogP contribution in [0.2, 0.25) is 0 Å². The Morgan fingerprint density at radius 2 is 0.625 bits per heavy atom. The molecular weight excluding hydrogens is 742 g/mol. The molecule has 8 bridgehead atoms. The molecule has 0 aliphatic carbocycles. The van der Waals surface area contributed by atoms with Crippen molar-refractivity contribution in [2.24, 2.45) is 0 Å². The molecule has 56 heavy (non-hydrogen) atoms. The fourth-order valence-electron chi connectivity index (χ4n) is 7.27. The second-order valence-electron chi connectivity index (χ2n) is 13.4. The topological polar surface area (TPSA) is 172 Å². The maximum Gasteiger partial charge on any atom is 0.356 e. The van der Waals surface area contributed by atoms with Gasteiger partial charge in [0.1, 0.15) is 0 Å². The van der Waals surface area contributed by atoms with Crippen LogP contribution in [0.1, 0.15) is 22.8 Å². The zero-order chi connectivity index (χ0) is 38.6. The van der Waals surface area contributed by atoms with Gasteiger partial charge in [0.25, 0.3) is 0 Å². The quantitative estimate of drug-likeness (QED) is 0.0909. The van der Waals surface area contributed by atoms with Crippen molar-refractivity contribution in [3.05, 3.63) is 156 Å². The molecule has 4 aromatic carbocycles. The maximum absolute atomic E-state index is 12.1.